The number of nitrogens with zero attached hydrogens (tertiary/aromatic N) is 1. The topological polar surface area (TPSA) is 55.5 Å². The Hall–Kier alpha value is -1.85. The van der Waals surface area contributed by atoms with Gasteiger partial charge >= 0.3 is 0 Å². The summed E-state index contributed by atoms with van der Waals surface area (Å²) >= 11 is 1.60. The molecule has 2 heterocycles. The molecule has 98 valence electrons. The first-order valence-corrected chi connectivity index (χ1v) is 6.86. The van der Waals surface area contributed by atoms with Crippen molar-refractivity contribution >= 4 is 21.6 Å². The van der Waals surface area contributed by atoms with E-state index < -0.39 is 6.10 Å². The van der Waals surface area contributed by atoms with Crippen molar-refractivity contribution in [3.8, 4) is 17.0 Å². The van der Waals surface area contributed by atoms with Crippen LogP contribution in [0, 0.1) is 0 Å². The van der Waals surface area contributed by atoms with E-state index in [-0.39, 0.29) is 6.61 Å². The summed E-state index contributed by atoms with van der Waals surface area (Å²) in [6.45, 7) is 1.97. The molecule has 0 aliphatic heterocycles. The van der Waals surface area contributed by atoms with Gasteiger partial charge in [-0.25, -0.2) is 0 Å². The van der Waals surface area contributed by atoms with Gasteiger partial charge in [-0.15, -0.1) is 11.3 Å². The number of hydrogen-bond acceptors (Lipinski definition) is 5. The van der Waals surface area contributed by atoms with Crippen molar-refractivity contribution in [2.24, 2.45) is 0 Å². The molecule has 1 unspecified atom stereocenters. The van der Waals surface area contributed by atoms with E-state index >= 15 is 0 Å². The molecule has 0 radical (unpaired) electrons. The molecule has 0 spiro atoms. The van der Waals surface area contributed by atoms with Gasteiger partial charge in [0.1, 0.15) is 22.8 Å². The minimum atomic E-state index is -0.486. The molecule has 0 amide bonds. The maximum absolute atomic E-state index is 9.23. The van der Waals surface area contributed by atoms with Crippen LogP contribution in [-0.4, -0.2) is 23.0 Å². The summed E-state index contributed by atoms with van der Waals surface area (Å²) in [6.07, 6.45) is -0.486. The molecule has 1 aromatic carbocycles. The molecule has 1 N–H and O–H groups in total. The van der Waals surface area contributed by atoms with E-state index in [0.717, 1.165) is 21.5 Å². The first-order chi connectivity index (χ1) is 9.24. The van der Waals surface area contributed by atoms with Gasteiger partial charge in [0.05, 0.1) is 6.10 Å². The van der Waals surface area contributed by atoms with Gasteiger partial charge in [-0.1, -0.05) is 17.3 Å². The van der Waals surface area contributed by atoms with E-state index in [4.69, 9.17) is 9.26 Å². The number of aliphatic hydroxyl groups is 1. The Labute approximate surface area is 114 Å². The second kappa shape index (κ2) is 5.03. The fraction of sp³-hybridized carbons (Fsp3) is 0.214. The quantitative estimate of drug-likeness (QED) is 0.793. The lowest BCUT2D eigenvalue weighted by atomic mass is 10.1. The fourth-order valence-electron chi connectivity index (χ4n) is 1.81. The molecule has 0 aliphatic carbocycles. The van der Waals surface area contributed by atoms with Gasteiger partial charge in [0.25, 0.3) is 0 Å². The molecule has 0 bridgehead atoms. The van der Waals surface area contributed by atoms with Crippen molar-refractivity contribution in [2.45, 2.75) is 13.0 Å². The average molecular weight is 275 g/mol. The van der Waals surface area contributed by atoms with Crippen LogP contribution in [-0.2, 0) is 0 Å². The van der Waals surface area contributed by atoms with E-state index in [0.29, 0.717) is 5.75 Å². The Bertz CT molecular complexity index is 687. The van der Waals surface area contributed by atoms with E-state index in [2.05, 4.69) is 5.16 Å². The van der Waals surface area contributed by atoms with Gasteiger partial charge in [-0.3, -0.25) is 0 Å². The molecule has 0 fully saturated rings. The second-order valence-corrected chi connectivity index (χ2v) is 5.25. The molecule has 19 heavy (non-hydrogen) atoms. The zero-order chi connectivity index (χ0) is 13.2. The largest absolute Gasteiger partial charge is 0.491 e. The average Bonchev–Trinajstić information content (AvgIpc) is 2.99. The summed E-state index contributed by atoms with van der Waals surface area (Å²) in [5.41, 5.74) is 2.58. The Morgan fingerprint density at radius 3 is 3.16 bits per heavy atom. The smallest absolute Gasteiger partial charge is 0.178 e. The van der Waals surface area contributed by atoms with E-state index in [1.165, 1.54) is 0 Å². The van der Waals surface area contributed by atoms with Gasteiger partial charge in [0.2, 0.25) is 0 Å². The summed E-state index contributed by atoms with van der Waals surface area (Å²) in [5, 5.41) is 15.3. The van der Waals surface area contributed by atoms with Crippen molar-refractivity contribution < 1.29 is 14.4 Å². The predicted molar refractivity (Wildman–Crippen MR) is 74.5 cm³/mol. The Balaban J connectivity index is 1.93. The summed E-state index contributed by atoms with van der Waals surface area (Å²) in [5.74, 6) is 0.714. The summed E-state index contributed by atoms with van der Waals surface area (Å²) in [7, 11) is 0. The Morgan fingerprint density at radius 2 is 2.32 bits per heavy atom. The number of thiophene rings is 1. The van der Waals surface area contributed by atoms with Crippen LogP contribution in [0.15, 0.2) is 40.2 Å². The van der Waals surface area contributed by atoms with Gasteiger partial charge in [0.15, 0.2) is 5.58 Å². The standard InChI is InChI=1S/C14H13NO3S/c1-9(16)8-17-11-4-2-3-10(7-11)13-14-12(18-15-13)5-6-19-14/h2-7,9,16H,8H2,1H3. The number of fused-ring (bicyclic) bond motifs is 1. The highest BCUT2D eigenvalue weighted by Gasteiger charge is 2.12. The molecule has 0 saturated carbocycles. The van der Waals surface area contributed by atoms with Crippen LogP contribution in [0.3, 0.4) is 0 Å². The number of hydrogen-bond donors (Lipinski definition) is 1. The SMILES string of the molecule is CC(O)COc1cccc(-c2noc3ccsc23)c1. The van der Waals surface area contributed by atoms with Crippen LogP contribution in [0.4, 0.5) is 0 Å². The fourth-order valence-corrected chi connectivity index (χ4v) is 2.63. The second-order valence-electron chi connectivity index (χ2n) is 4.33. The minimum Gasteiger partial charge on any atom is -0.491 e. The molecular formula is C14H13NO3S. The maximum Gasteiger partial charge on any atom is 0.178 e. The van der Waals surface area contributed by atoms with Crippen LogP contribution >= 0.6 is 11.3 Å². The molecule has 2 aromatic heterocycles. The third kappa shape index (κ3) is 2.47. The molecule has 4 nitrogen and oxygen atoms in total. The van der Waals surface area contributed by atoms with Crippen molar-refractivity contribution in [3.05, 3.63) is 35.7 Å². The first kappa shape index (κ1) is 12.2. The van der Waals surface area contributed by atoms with Gasteiger partial charge in [-0.2, -0.15) is 0 Å². The molecule has 1 atom stereocenters. The monoisotopic (exact) mass is 275 g/mol. The maximum atomic E-state index is 9.23. The molecule has 0 aliphatic rings. The molecule has 0 saturated heterocycles. The van der Waals surface area contributed by atoms with Crippen molar-refractivity contribution in [1.29, 1.82) is 0 Å². The molecule has 5 heteroatoms. The zero-order valence-electron chi connectivity index (χ0n) is 10.4. The zero-order valence-corrected chi connectivity index (χ0v) is 11.2. The lowest BCUT2D eigenvalue weighted by Crippen LogP contribution is -2.12. The molecule has 3 rings (SSSR count). The van der Waals surface area contributed by atoms with E-state index in [9.17, 15) is 5.11 Å². The predicted octanol–water partition coefficient (Wildman–Crippen LogP) is 3.32. The highest BCUT2D eigenvalue weighted by Crippen LogP contribution is 2.33. The number of benzene rings is 1. The number of ether oxygens (including phenoxy) is 1. The van der Waals surface area contributed by atoms with Crippen molar-refractivity contribution in [2.75, 3.05) is 6.61 Å². The first-order valence-electron chi connectivity index (χ1n) is 5.98. The molecule has 3 aromatic rings. The lowest BCUT2D eigenvalue weighted by molar-refractivity contribution is 0.123. The highest BCUT2D eigenvalue weighted by molar-refractivity contribution is 7.17. The lowest BCUT2D eigenvalue weighted by Gasteiger charge is -2.08. The van der Waals surface area contributed by atoms with E-state index in [1.807, 2.05) is 35.7 Å². The number of aromatic nitrogens is 1. The Kier molecular flexibility index (Phi) is 3.23. The van der Waals surface area contributed by atoms with Gasteiger partial charge in [-0.05, 0) is 30.5 Å². The Morgan fingerprint density at radius 1 is 1.42 bits per heavy atom. The van der Waals surface area contributed by atoms with Gasteiger partial charge in [0, 0.05) is 5.56 Å². The van der Waals surface area contributed by atoms with Crippen LogP contribution in [0.2, 0.25) is 0 Å². The summed E-state index contributed by atoms with van der Waals surface area (Å²) < 4.78 is 11.8. The van der Waals surface area contributed by atoms with E-state index in [1.54, 1.807) is 18.3 Å². The van der Waals surface area contributed by atoms with Crippen LogP contribution in [0.5, 0.6) is 5.75 Å². The highest BCUT2D eigenvalue weighted by atomic mass is 32.1. The van der Waals surface area contributed by atoms with Crippen molar-refractivity contribution in [1.82, 2.24) is 5.16 Å². The molecular weight excluding hydrogens is 262 g/mol. The third-order valence-corrected chi connectivity index (χ3v) is 3.58. The van der Waals surface area contributed by atoms with Gasteiger partial charge < -0.3 is 14.4 Å². The number of rotatable bonds is 4. The summed E-state index contributed by atoms with van der Waals surface area (Å²) in [4.78, 5) is 0. The van der Waals surface area contributed by atoms with Crippen molar-refractivity contribution in [3.63, 3.8) is 0 Å². The van der Waals surface area contributed by atoms with Crippen LogP contribution in [0.25, 0.3) is 21.5 Å². The third-order valence-electron chi connectivity index (χ3n) is 2.68. The normalized spacial score (nSPS) is 12.7. The van der Waals surface area contributed by atoms with Crippen LogP contribution in [0.1, 0.15) is 6.92 Å². The number of aliphatic hydroxyl groups excluding tert-OH is 1. The van der Waals surface area contributed by atoms with Crippen LogP contribution < -0.4 is 4.74 Å². The minimum absolute atomic E-state index is 0.274. The summed E-state index contributed by atoms with van der Waals surface area (Å²) in [6, 6.07) is 9.54.